The zero-order chi connectivity index (χ0) is 23.6. The van der Waals surface area contributed by atoms with Crippen molar-refractivity contribution in [3.8, 4) is 0 Å². The SMILES string of the molecule is CCn1c(=O)sc2cc(NC(=O)CN(c3ccc(I)cc3)S(=O)(=O)c3ccccc3)ccc21. The Morgan fingerprint density at radius 2 is 1.76 bits per heavy atom. The summed E-state index contributed by atoms with van der Waals surface area (Å²) in [5.41, 5.74) is 1.69. The summed E-state index contributed by atoms with van der Waals surface area (Å²) < 4.78 is 31.2. The number of nitrogens with zero attached hydrogens (tertiary/aromatic N) is 2. The molecule has 0 fully saturated rings. The first kappa shape index (κ1) is 23.5. The lowest BCUT2D eigenvalue weighted by molar-refractivity contribution is -0.114. The van der Waals surface area contributed by atoms with Crippen LogP contribution in [0.15, 0.2) is 82.5 Å². The number of carbonyl (C=O) groups is 1. The number of amides is 1. The molecule has 1 amide bonds. The highest BCUT2D eigenvalue weighted by Crippen LogP contribution is 2.25. The number of rotatable bonds is 7. The van der Waals surface area contributed by atoms with E-state index in [9.17, 15) is 18.0 Å². The van der Waals surface area contributed by atoms with Gasteiger partial charge < -0.3 is 5.32 Å². The highest BCUT2D eigenvalue weighted by Gasteiger charge is 2.27. The third kappa shape index (κ3) is 4.97. The Labute approximate surface area is 208 Å². The number of thiazole rings is 1. The van der Waals surface area contributed by atoms with Gasteiger partial charge in [0, 0.05) is 15.8 Å². The second kappa shape index (κ2) is 9.65. The van der Waals surface area contributed by atoms with Gasteiger partial charge in [-0.25, -0.2) is 8.42 Å². The molecular formula is C23H20IN3O4S2. The van der Waals surface area contributed by atoms with Gasteiger partial charge in [-0.3, -0.25) is 18.5 Å². The molecule has 0 unspecified atom stereocenters. The van der Waals surface area contributed by atoms with Crippen molar-refractivity contribution in [2.75, 3.05) is 16.2 Å². The third-order valence-corrected chi connectivity index (χ3v) is 8.45. The van der Waals surface area contributed by atoms with E-state index in [1.807, 2.05) is 6.92 Å². The summed E-state index contributed by atoms with van der Waals surface area (Å²) in [6, 6.07) is 20.2. The van der Waals surface area contributed by atoms with Crippen molar-refractivity contribution in [3.05, 3.63) is 86.0 Å². The standard InChI is InChI=1S/C23H20IN3O4S2/c1-2-26-20-13-10-17(14-21(20)32-23(26)29)25-22(28)15-27(18-11-8-16(24)9-12-18)33(30,31)19-6-4-3-5-7-19/h3-14H,2,15H2,1H3,(H,25,28). The van der Waals surface area contributed by atoms with Crippen LogP contribution in [-0.4, -0.2) is 25.4 Å². The predicted octanol–water partition coefficient (Wildman–Crippen LogP) is 4.52. The predicted molar refractivity (Wildman–Crippen MR) is 141 cm³/mol. The van der Waals surface area contributed by atoms with Gasteiger partial charge in [0.05, 0.1) is 20.8 Å². The minimum atomic E-state index is -3.97. The molecule has 0 atom stereocenters. The van der Waals surface area contributed by atoms with E-state index in [-0.39, 0.29) is 9.77 Å². The maximum Gasteiger partial charge on any atom is 0.308 e. The van der Waals surface area contributed by atoms with Crippen molar-refractivity contribution >= 4 is 71.4 Å². The number of halogens is 1. The molecule has 170 valence electrons. The fraction of sp³-hybridized carbons (Fsp3) is 0.130. The van der Waals surface area contributed by atoms with Gasteiger partial charge >= 0.3 is 4.87 Å². The van der Waals surface area contributed by atoms with Gasteiger partial charge in [-0.2, -0.15) is 0 Å². The molecule has 0 saturated carbocycles. The lowest BCUT2D eigenvalue weighted by Crippen LogP contribution is -2.38. The number of hydrogen-bond acceptors (Lipinski definition) is 5. The van der Waals surface area contributed by atoms with Crippen molar-refractivity contribution in [2.24, 2.45) is 0 Å². The second-order valence-electron chi connectivity index (χ2n) is 7.14. The molecule has 33 heavy (non-hydrogen) atoms. The molecule has 0 bridgehead atoms. The Kier molecular flexibility index (Phi) is 6.86. The largest absolute Gasteiger partial charge is 0.324 e. The van der Waals surface area contributed by atoms with Crippen molar-refractivity contribution in [2.45, 2.75) is 18.4 Å². The summed E-state index contributed by atoms with van der Waals surface area (Å²) in [6.07, 6.45) is 0. The maximum atomic E-state index is 13.4. The molecule has 1 N–H and O–H groups in total. The fourth-order valence-corrected chi connectivity index (χ4v) is 6.21. The number of fused-ring (bicyclic) bond motifs is 1. The number of carbonyl (C=O) groups excluding carboxylic acids is 1. The summed E-state index contributed by atoms with van der Waals surface area (Å²) >= 11 is 3.24. The monoisotopic (exact) mass is 593 g/mol. The summed E-state index contributed by atoms with van der Waals surface area (Å²) in [5, 5.41) is 2.76. The Morgan fingerprint density at radius 3 is 2.42 bits per heavy atom. The summed E-state index contributed by atoms with van der Waals surface area (Å²) in [7, 11) is -3.97. The van der Waals surface area contributed by atoms with Crippen molar-refractivity contribution in [1.29, 1.82) is 0 Å². The normalized spacial score (nSPS) is 11.5. The number of hydrogen-bond donors (Lipinski definition) is 1. The minimum Gasteiger partial charge on any atom is -0.324 e. The molecule has 3 aromatic carbocycles. The van der Waals surface area contributed by atoms with Gasteiger partial charge in [-0.05, 0) is 84.1 Å². The number of benzene rings is 3. The molecule has 4 aromatic rings. The molecular weight excluding hydrogens is 573 g/mol. The van der Waals surface area contributed by atoms with Gasteiger partial charge in [-0.1, -0.05) is 29.5 Å². The van der Waals surface area contributed by atoms with Gasteiger partial charge in [0.25, 0.3) is 10.0 Å². The van der Waals surface area contributed by atoms with E-state index in [0.717, 1.165) is 29.4 Å². The van der Waals surface area contributed by atoms with Crippen LogP contribution >= 0.6 is 33.9 Å². The summed E-state index contributed by atoms with van der Waals surface area (Å²) in [4.78, 5) is 25.1. The third-order valence-electron chi connectivity index (χ3n) is 5.00. The molecule has 0 aliphatic carbocycles. The van der Waals surface area contributed by atoms with E-state index in [1.54, 1.807) is 65.2 Å². The smallest absolute Gasteiger partial charge is 0.308 e. The van der Waals surface area contributed by atoms with Crippen LogP contribution in [-0.2, 0) is 21.4 Å². The van der Waals surface area contributed by atoms with E-state index in [4.69, 9.17) is 0 Å². The fourth-order valence-electron chi connectivity index (χ4n) is 3.42. The quantitative estimate of drug-likeness (QED) is 0.320. The molecule has 0 saturated heterocycles. The van der Waals surface area contributed by atoms with Crippen LogP contribution in [0, 0.1) is 3.57 Å². The first-order valence-electron chi connectivity index (χ1n) is 10.1. The molecule has 0 radical (unpaired) electrons. The molecule has 1 aromatic heterocycles. The molecule has 0 spiro atoms. The van der Waals surface area contributed by atoms with E-state index in [2.05, 4.69) is 27.9 Å². The van der Waals surface area contributed by atoms with E-state index >= 15 is 0 Å². The topological polar surface area (TPSA) is 88.5 Å². The number of anilines is 2. The van der Waals surface area contributed by atoms with Crippen LogP contribution in [0.3, 0.4) is 0 Å². The second-order valence-corrected chi connectivity index (χ2v) is 11.2. The first-order valence-corrected chi connectivity index (χ1v) is 13.4. The molecule has 0 aliphatic heterocycles. The van der Waals surface area contributed by atoms with Gasteiger partial charge in [0.1, 0.15) is 6.54 Å². The number of aryl methyl sites for hydroxylation is 1. The molecule has 7 nitrogen and oxygen atoms in total. The Morgan fingerprint density at radius 1 is 1.06 bits per heavy atom. The van der Waals surface area contributed by atoms with Crippen molar-refractivity contribution < 1.29 is 13.2 Å². The Bertz CT molecular complexity index is 1460. The molecule has 1 heterocycles. The highest BCUT2D eigenvalue weighted by molar-refractivity contribution is 14.1. The number of aromatic nitrogens is 1. The lowest BCUT2D eigenvalue weighted by atomic mass is 10.3. The van der Waals surface area contributed by atoms with Crippen LogP contribution in [0.4, 0.5) is 11.4 Å². The Balaban J connectivity index is 1.63. The van der Waals surface area contributed by atoms with Gasteiger partial charge in [-0.15, -0.1) is 0 Å². The van der Waals surface area contributed by atoms with Crippen molar-refractivity contribution in [1.82, 2.24) is 4.57 Å². The zero-order valence-corrected chi connectivity index (χ0v) is 21.4. The van der Waals surface area contributed by atoms with Crippen LogP contribution in [0.2, 0.25) is 0 Å². The lowest BCUT2D eigenvalue weighted by Gasteiger charge is -2.24. The highest BCUT2D eigenvalue weighted by atomic mass is 127. The average molecular weight is 593 g/mol. The molecule has 0 aliphatic rings. The van der Waals surface area contributed by atoms with Crippen LogP contribution in [0.1, 0.15) is 6.92 Å². The Hall–Kier alpha value is -2.70. The summed E-state index contributed by atoms with van der Waals surface area (Å²) in [6.45, 7) is 2.06. The van der Waals surface area contributed by atoms with Crippen LogP contribution in [0.5, 0.6) is 0 Å². The van der Waals surface area contributed by atoms with Crippen LogP contribution < -0.4 is 14.5 Å². The maximum absolute atomic E-state index is 13.4. The van der Waals surface area contributed by atoms with E-state index in [0.29, 0.717) is 17.9 Å². The minimum absolute atomic E-state index is 0.0604. The van der Waals surface area contributed by atoms with Crippen molar-refractivity contribution in [3.63, 3.8) is 0 Å². The average Bonchev–Trinajstić information content (AvgIpc) is 3.12. The first-order chi connectivity index (χ1) is 15.8. The van der Waals surface area contributed by atoms with Crippen LogP contribution in [0.25, 0.3) is 10.2 Å². The molecule has 4 rings (SSSR count). The number of sulfonamides is 1. The van der Waals surface area contributed by atoms with E-state index in [1.165, 1.54) is 12.1 Å². The number of nitrogens with one attached hydrogen (secondary N) is 1. The molecule has 10 heteroatoms. The van der Waals surface area contributed by atoms with E-state index < -0.39 is 22.5 Å². The zero-order valence-electron chi connectivity index (χ0n) is 17.6. The van der Waals surface area contributed by atoms with Gasteiger partial charge in [0.2, 0.25) is 5.91 Å². The van der Waals surface area contributed by atoms with Gasteiger partial charge in [0.15, 0.2) is 0 Å². The summed E-state index contributed by atoms with van der Waals surface area (Å²) in [5.74, 6) is -0.491.